The molecule has 0 amide bonds. The lowest BCUT2D eigenvalue weighted by molar-refractivity contribution is 1.23. The number of H-pyrrole nitrogens is 1. The summed E-state index contributed by atoms with van der Waals surface area (Å²) in [6.45, 7) is 0. The molecule has 1 aromatic carbocycles. The van der Waals surface area contributed by atoms with Gasteiger partial charge in [0.15, 0.2) is 0 Å². The first kappa shape index (κ1) is 13.6. The minimum Gasteiger partial charge on any atom is -0.320 e. The number of hydrogen-bond acceptors (Lipinski definition) is 3. The summed E-state index contributed by atoms with van der Waals surface area (Å²) >= 11 is 7.42. The van der Waals surface area contributed by atoms with Crippen molar-refractivity contribution in [3.05, 3.63) is 68.8 Å². The second-order valence-electron chi connectivity index (χ2n) is 4.40. The van der Waals surface area contributed by atoms with Crippen molar-refractivity contribution in [3.63, 3.8) is 0 Å². The minimum absolute atomic E-state index is 0.109. The normalized spacial score (nSPS) is 10.3. The molecule has 0 spiro atoms. The van der Waals surface area contributed by atoms with Crippen molar-refractivity contribution in [3.8, 4) is 27.8 Å². The van der Waals surface area contributed by atoms with Crippen LogP contribution < -0.4 is 5.56 Å². The van der Waals surface area contributed by atoms with E-state index in [9.17, 15) is 10.1 Å². The lowest BCUT2D eigenvalue weighted by Crippen LogP contribution is -2.12. The third-order valence-electron chi connectivity index (χ3n) is 3.09. The van der Waals surface area contributed by atoms with Crippen molar-refractivity contribution in [1.29, 1.82) is 5.26 Å². The lowest BCUT2D eigenvalue weighted by atomic mass is 10.0. The number of halogens is 1. The number of aromatic nitrogens is 1. The number of hydrogen-bond donors (Lipinski definition) is 1. The molecule has 0 saturated heterocycles. The Morgan fingerprint density at radius 2 is 1.95 bits per heavy atom. The summed E-state index contributed by atoms with van der Waals surface area (Å²) < 4.78 is 0. The largest absolute Gasteiger partial charge is 0.320 e. The number of nitrogens with zero attached hydrogens (tertiary/aromatic N) is 1. The zero-order valence-corrected chi connectivity index (χ0v) is 12.3. The van der Waals surface area contributed by atoms with Gasteiger partial charge in [-0.05, 0) is 35.2 Å². The lowest BCUT2D eigenvalue weighted by Gasteiger charge is -2.07. The molecule has 3 rings (SSSR count). The molecule has 0 unspecified atom stereocenters. The quantitative estimate of drug-likeness (QED) is 0.767. The van der Waals surface area contributed by atoms with Gasteiger partial charge in [0, 0.05) is 10.6 Å². The van der Waals surface area contributed by atoms with Crippen LogP contribution in [0.5, 0.6) is 0 Å². The van der Waals surface area contributed by atoms with E-state index in [1.807, 2.05) is 29.6 Å². The van der Waals surface area contributed by atoms with Gasteiger partial charge < -0.3 is 4.98 Å². The summed E-state index contributed by atoms with van der Waals surface area (Å²) in [5.41, 5.74) is 1.84. The average Bonchev–Trinajstić information content (AvgIpc) is 3.01. The van der Waals surface area contributed by atoms with Crippen LogP contribution in [0.3, 0.4) is 0 Å². The number of benzene rings is 1. The number of nitrogens with one attached hydrogen (secondary N) is 1. The Bertz CT molecular complexity index is 874. The van der Waals surface area contributed by atoms with E-state index in [1.54, 1.807) is 24.3 Å². The monoisotopic (exact) mass is 312 g/mol. The summed E-state index contributed by atoms with van der Waals surface area (Å²) in [6, 6.07) is 14.7. The Kier molecular flexibility index (Phi) is 3.61. The highest BCUT2D eigenvalue weighted by molar-refractivity contribution is 7.13. The fourth-order valence-corrected chi connectivity index (χ4v) is 2.92. The van der Waals surface area contributed by atoms with Crippen LogP contribution in [0, 0.1) is 11.3 Å². The van der Waals surface area contributed by atoms with E-state index in [0.29, 0.717) is 16.3 Å². The van der Waals surface area contributed by atoms with Gasteiger partial charge in [0.2, 0.25) is 0 Å². The number of pyridine rings is 1. The van der Waals surface area contributed by atoms with Crippen molar-refractivity contribution in [2.75, 3.05) is 0 Å². The standard InChI is InChI=1S/C16H9ClN2OS/c17-11-5-3-10(4-6-11)12-8-14(15-2-1-7-21-15)19-16(20)13(12)9-18/h1-8H,(H,19,20). The molecule has 0 bridgehead atoms. The maximum absolute atomic E-state index is 12.1. The molecule has 2 heterocycles. The van der Waals surface area contributed by atoms with Gasteiger partial charge in [-0.1, -0.05) is 29.8 Å². The van der Waals surface area contributed by atoms with Gasteiger partial charge in [0.25, 0.3) is 5.56 Å². The molecule has 1 N–H and O–H groups in total. The van der Waals surface area contributed by atoms with Crippen molar-refractivity contribution in [2.24, 2.45) is 0 Å². The first-order valence-corrected chi connectivity index (χ1v) is 7.42. The van der Waals surface area contributed by atoms with Crippen LogP contribution in [-0.4, -0.2) is 4.98 Å². The Labute approximate surface area is 130 Å². The Morgan fingerprint density at radius 3 is 2.57 bits per heavy atom. The highest BCUT2D eigenvalue weighted by Crippen LogP contribution is 2.28. The Hall–Kier alpha value is -2.35. The van der Waals surface area contributed by atoms with E-state index >= 15 is 0 Å². The molecular weight excluding hydrogens is 304 g/mol. The highest BCUT2D eigenvalue weighted by atomic mass is 35.5. The molecule has 0 fully saturated rings. The van der Waals surface area contributed by atoms with E-state index in [2.05, 4.69) is 4.98 Å². The van der Waals surface area contributed by atoms with Crippen molar-refractivity contribution >= 4 is 22.9 Å². The van der Waals surface area contributed by atoms with Crippen LogP contribution in [0.15, 0.2) is 52.6 Å². The molecule has 0 atom stereocenters. The molecule has 3 nitrogen and oxygen atoms in total. The van der Waals surface area contributed by atoms with Gasteiger partial charge in [0.1, 0.15) is 11.6 Å². The maximum atomic E-state index is 12.1. The molecule has 21 heavy (non-hydrogen) atoms. The van der Waals surface area contributed by atoms with Crippen LogP contribution in [-0.2, 0) is 0 Å². The highest BCUT2D eigenvalue weighted by Gasteiger charge is 2.12. The first-order valence-electron chi connectivity index (χ1n) is 6.16. The molecule has 102 valence electrons. The fourth-order valence-electron chi connectivity index (χ4n) is 2.09. The van der Waals surface area contributed by atoms with Crippen molar-refractivity contribution < 1.29 is 0 Å². The summed E-state index contributed by atoms with van der Waals surface area (Å²) in [7, 11) is 0. The molecule has 0 aliphatic carbocycles. The van der Waals surface area contributed by atoms with Gasteiger partial charge in [-0.2, -0.15) is 5.26 Å². The summed E-state index contributed by atoms with van der Waals surface area (Å²) in [4.78, 5) is 15.8. The summed E-state index contributed by atoms with van der Waals surface area (Å²) in [6.07, 6.45) is 0. The summed E-state index contributed by atoms with van der Waals surface area (Å²) in [5.74, 6) is 0. The predicted molar refractivity (Wildman–Crippen MR) is 85.5 cm³/mol. The third-order valence-corrected chi connectivity index (χ3v) is 4.24. The SMILES string of the molecule is N#Cc1c(-c2ccc(Cl)cc2)cc(-c2cccs2)[nH]c1=O. The molecule has 2 aromatic heterocycles. The van der Waals surface area contributed by atoms with E-state index in [-0.39, 0.29) is 11.1 Å². The van der Waals surface area contributed by atoms with Crippen molar-refractivity contribution in [1.82, 2.24) is 4.98 Å². The smallest absolute Gasteiger partial charge is 0.266 e. The Morgan fingerprint density at radius 1 is 1.19 bits per heavy atom. The molecule has 5 heteroatoms. The van der Waals surface area contributed by atoms with Crippen LogP contribution in [0.2, 0.25) is 5.02 Å². The van der Waals surface area contributed by atoms with Gasteiger partial charge in [-0.15, -0.1) is 11.3 Å². The molecule has 0 aliphatic heterocycles. The average molecular weight is 313 g/mol. The van der Waals surface area contributed by atoms with Gasteiger partial charge >= 0.3 is 0 Å². The fraction of sp³-hybridized carbons (Fsp3) is 0. The molecule has 0 aliphatic rings. The van der Waals surface area contributed by atoms with Crippen LogP contribution >= 0.6 is 22.9 Å². The van der Waals surface area contributed by atoms with E-state index in [4.69, 9.17) is 11.6 Å². The minimum atomic E-state index is -0.381. The Balaban J connectivity index is 2.25. The molecule has 0 saturated carbocycles. The number of thiophene rings is 1. The molecule has 0 radical (unpaired) electrons. The second-order valence-corrected chi connectivity index (χ2v) is 5.78. The third kappa shape index (κ3) is 2.62. The zero-order chi connectivity index (χ0) is 14.8. The molecular formula is C16H9ClN2OS. The van der Waals surface area contributed by atoms with Gasteiger partial charge in [0.05, 0.1) is 10.6 Å². The van der Waals surface area contributed by atoms with E-state index in [1.165, 1.54) is 11.3 Å². The van der Waals surface area contributed by atoms with Crippen LogP contribution in [0.1, 0.15) is 5.56 Å². The number of nitriles is 1. The van der Waals surface area contributed by atoms with Gasteiger partial charge in [-0.3, -0.25) is 4.79 Å². The zero-order valence-electron chi connectivity index (χ0n) is 10.8. The summed E-state index contributed by atoms with van der Waals surface area (Å²) in [5, 5.41) is 11.8. The first-order chi connectivity index (χ1) is 10.2. The predicted octanol–water partition coefficient (Wildman–Crippen LogP) is 4.30. The van der Waals surface area contributed by atoms with Gasteiger partial charge in [-0.25, -0.2) is 0 Å². The van der Waals surface area contributed by atoms with Crippen LogP contribution in [0.4, 0.5) is 0 Å². The van der Waals surface area contributed by atoms with Crippen LogP contribution in [0.25, 0.3) is 21.7 Å². The number of aromatic amines is 1. The maximum Gasteiger partial charge on any atom is 0.266 e. The van der Waals surface area contributed by atoms with Crippen molar-refractivity contribution in [2.45, 2.75) is 0 Å². The van der Waals surface area contributed by atoms with E-state index in [0.717, 1.165) is 10.4 Å². The number of rotatable bonds is 2. The van der Waals surface area contributed by atoms with E-state index < -0.39 is 0 Å². The second kappa shape index (κ2) is 5.57. The molecule has 3 aromatic rings. The topological polar surface area (TPSA) is 56.6 Å².